The number of nitrogens with zero attached hydrogens (tertiary/aromatic N) is 3. The van der Waals surface area contributed by atoms with E-state index >= 15 is 0 Å². The smallest absolute Gasteiger partial charge is 0.242 e. The Morgan fingerprint density at radius 2 is 1.65 bits per heavy atom. The fourth-order valence-corrected chi connectivity index (χ4v) is 3.72. The highest BCUT2D eigenvalue weighted by atomic mass is 32.1. The third kappa shape index (κ3) is 4.91. The van der Waals surface area contributed by atoms with Gasteiger partial charge >= 0.3 is 0 Å². The zero-order valence-corrected chi connectivity index (χ0v) is 17.0. The second-order valence-electron chi connectivity index (χ2n) is 6.36. The van der Waals surface area contributed by atoms with Crippen LogP contribution in [0.3, 0.4) is 0 Å². The van der Waals surface area contributed by atoms with E-state index in [9.17, 15) is 9.59 Å². The van der Waals surface area contributed by atoms with Crippen LogP contribution in [-0.2, 0) is 16.0 Å². The van der Waals surface area contributed by atoms with Crippen LogP contribution < -0.4 is 0 Å². The lowest BCUT2D eigenvalue weighted by atomic mass is 10.1. The van der Waals surface area contributed by atoms with E-state index in [2.05, 4.69) is 4.98 Å². The third-order valence-electron chi connectivity index (χ3n) is 4.36. The van der Waals surface area contributed by atoms with Gasteiger partial charge in [-0.05, 0) is 27.7 Å². The number of thiazole rings is 1. The number of carbonyl (C=O) groups is 2. The number of carbonyl (C=O) groups excluding carboxylic acids is 2. The summed E-state index contributed by atoms with van der Waals surface area (Å²) in [6, 6.07) is 8.16. The summed E-state index contributed by atoms with van der Waals surface area (Å²) in [5.74, 6) is -0.0902. The minimum atomic E-state index is -0.0671. The zero-order valence-electron chi connectivity index (χ0n) is 16.2. The van der Waals surface area contributed by atoms with Crippen molar-refractivity contribution in [3.63, 3.8) is 0 Å². The molecular formula is C20H27N3O2S. The van der Waals surface area contributed by atoms with Crippen molar-refractivity contribution in [2.24, 2.45) is 0 Å². The van der Waals surface area contributed by atoms with Gasteiger partial charge in [0.25, 0.3) is 0 Å². The van der Waals surface area contributed by atoms with Crippen molar-refractivity contribution in [3.05, 3.63) is 39.7 Å². The molecule has 0 bridgehead atoms. The summed E-state index contributed by atoms with van der Waals surface area (Å²) in [6.45, 7) is 9.30. The van der Waals surface area contributed by atoms with Crippen LogP contribution in [-0.4, -0.2) is 53.3 Å². The van der Waals surface area contributed by atoms with Crippen LogP contribution in [0.25, 0.3) is 11.3 Å². The molecule has 0 aliphatic carbocycles. The molecular weight excluding hydrogens is 346 g/mol. The number of amides is 2. The summed E-state index contributed by atoms with van der Waals surface area (Å²) >= 11 is 1.54. The van der Waals surface area contributed by atoms with Crippen LogP contribution in [0.2, 0.25) is 0 Å². The zero-order chi connectivity index (χ0) is 19.3. The van der Waals surface area contributed by atoms with Crippen LogP contribution in [0.1, 0.15) is 29.3 Å². The number of rotatable bonds is 7. The quantitative estimate of drug-likeness (QED) is 0.748. The van der Waals surface area contributed by atoms with Crippen molar-refractivity contribution >= 4 is 23.2 Å². The second-order valence-corrected chi connectivity index (χ2v) is 7.65. The molecule has 0 unspecified atom stereocenters. The maximum absolute atomic E-state index is 12.6. The molecule has 1 aromatic carbocycles. The summed E-state index contributed by atoms with van der Waals surface area (Å²) < 4.78 is 0. The molecule has 2 rings (SSSR count). The molecule has 0 atom stereocenters. The lowest BCUT2D eigenvalue weighted by molar-refractivity contribution is -0.138. The molecule has 0 aliphatic rings. The fraction of sp³-hybridized carbons (Fsp3) is 0.450. The number of likely N-dealkylation sites (N-methyl/N-ethyl adjacent to an activating group) is 2. The SMILES string of the molecule is CCN(CC)C(=O)CN(C)C(=O)Cc1sc(C)nc1-c1ccc(C)cc1. The minimum Gasteiger partial charge on any atom is -0.342 e. The van der Waals surface area contributed by atoms with Gasteiger partial charge in [0.05, 0.1) is 23.7 Å². The molecule has 0 saturated heterocycles. The van der Waals surface area contributed by atoms with Gasteiger partial charge in [-0.3, -0.25) is 9.59 Å². The van der Waals surface area contributed by atoms with E-state index in [0.717, 1.165) is 21.1 Å². The van der Waals surface area contributed by atoms with Crippen molar-refractivity contribution in [2.75, 3.05) is 26.7 Å². The maximum Gasteiger partial charge on any atom is 0.242 e. The van der Waals surface area contributed by atoms with E-state index in [4.69, 9.17) is 0 Å². The van der Waals surface area contributed by atoms with Crippen molar-refractivity contribution in [2.45, 2.75) is 34.1 Å². The summed E-state index contributed by atoms with van der Waals surface area (Å²) in [4.78, 5) is 33.6. The average molecular weight is 374 g/mol. The van der Waals surface area contributed by atoms with Crippen LogP contribution in [0.15, 0.2) is 24.3 Å². The first-order valence-corrected chi connectivity index (χ1v) is 9.72. The Morgan fingerprint density at radius 3 is 2.23 bits per heavy atom. The Kier molecular flexibility index (Phi) is 6.91. The monoisotopic (exact) mass is 373 g/mol. The highest BCUT2D eigenvalue weighted by Crippen LogP contribution is 2.29. The molecule has 1 heterocycles. The Bertz CT molecular complexity index is 764. The number of benzene rings is 1. The van der Waals surface area contributed by atoms with Crippen molar-refractivity contribution in [1.29, 1.82) is 0 Å². The Labute approximate surface area is 159 Å². The highest BCUT2D eigenvalue weighted by molar-refractivity contribution is 7.12. The van der Waals surface area contributed by atoms with Gasteiger partial charge in [-0.25, -0.2) is 4.98 Å². The number of hydrogen-bond acceptors (Lipinski definition) is 4. The molecule has 0 fully saturated rings. The van der Waals surface area contributed by atoms with E-state index in [1.54, 1.807) is 11.9 Å². The molecule has 1 aromatic heterocycles. The van der Waals surface area contributed by atoms with Gasteiger partial charge in [-0.15, -0.1) is 11.3 Å². The lowest BCUT2D eigenvalue weighted by Crippen LogP contribution is -2.41. The molecule has 140 valence electrons. The van der Waals surface area contributed by atoms with Crippen molar-refractivity contribution in [3.8, 4) is 11.3 Å². The topological polar surface area (TPSA) is 53.5 Å². The maximum atomic E-state index is 12.6. The Hall–Kier alpha value is -2.21. The number of aryl methyl sites for hydroxylation is 2. The first kappa shape index (κ1) is 20.1. The summed E-state index contributed by atoms with van der Waals surface area (Å²) in [5, 5.41) is 0.935. The Balaban J connectivity index is 2.12. The molecule has 0 radical (unpaired) electrons. The van der Waals surface area contributed by atoms with Crippen LogP contribution >= 0.6 is 11.3 Å². The van der Waals surface area contributed by atoms with Crippen LogP contribution in [0.5, 0.6) is 0 Å². The third-order valence-corrected chi connectivity index (χ3v) is 5.33. The largest absolute Gasteiger partial charge is 0.342 e. The van der Waals surface area contributed by atoms with Crippen LogP contribution in [0.4, 0.5) is 0 Å². The van der Waals surface area contributed by atoms with Gasteiger partial charge in [0, 0.05) is 30.6 Å². The first-order chi connectivity index (χ1) is 12.3. The molecule has 6 heteroatoms. The summed E-state index contributed by atoms with van der Waals surface area (Å²) in [6.07, 6.45) is 0.261. The van der Waals surface area contributed by atoms with Gasteiger partial charge in [0.2, 0.25) is 11.8 Å². The van der Waals surface area contributed by atoms with Crippen molar-refractivity contribution < 1.29 is 9.59 Å². The molecule has 2 amide bonds. The molecule has 26 heavy (non-hydrogen) atoms. The molecule has 0 N–H and O–H groups in total. The van der Waals surface area contributed by atoms with Gasteiger partial charge in [-0.1, -0.05) is 29.8 Å². The van der Waals surface area contributed by atoms with Crippen molar-refractivity contribution in [1.82, 2.24) is 14.8 Å². The molecule has 0 spiro atoms. The predicted octanol–water partition coefficient (Wildman–Crippen LogP) is 3.30. The number of aromatic nitrogens is 1. The fourth-order valence-electron chi connectivity index (χ4n) is 2.77. The van der Waals surface area contributed by atoms with E-state index in [-0.39, 0.29) is 24.8 Å². The average Bonchev–Trinajstić information content (AvgIpc) is 2.96. The van der Waals surface area contributed by atoms with Gasteiger partial charge < -0.3 is 9.80 Å². The molecule has 5 nitrogen and oxygen atoms in total. The summed E-state index contributed by atoms with van der Waals surface area (Å²) in [5.41, 5.74) is 3.07. The van der Waals surface area contributed by atoms with Gasteiger partial charge in [0.1, 0.15) is 0 Å². The van der Waals surface area contributed by atoms with E-state index < -0.39 is 0 Å². The van der Waals surface area contributed by atoms with E-state index in [1.165, 1.54) is 21.8 Å². The Morgan fingerprint density at radius 1 is 1.04 bits per heavy atom. The minimum absolute atomic E-state index is 0.0231. The molecule has 0 aliphatic heterocycles. The first-order valence-electron chi connectivity index (χ1n) is 8.90. The summed E-state index contributed by atoms with van der Waals surface area (Å²) in [7, 11) is 1.68. The van der Waals surface area contributed by atoms with E-state index in [0.29, 0.717) is 13.1 Å². The van der Waals surface area contributed by atoms with Gasteiger partial charge in [-0.2, -0.15) is 0 Å². The molecule has 0 saturated carbocycles. The van der Waals surface area contributed by atoms with Crippen LogP contribution in [0, 0.1) is 13.8 Å². The van der Waals surface area contributed by atoms with E-state index in [1.807, 2.05) is 52.0 Å². The lowest BCUT2D eigenvalue weighted by Gasteiger charge is -2.23. The highest BCUT2D eigenvalue weighted by Gasteiger charge is 2.20. The van der Waals surface area contributed by atoms with Gasteiger partial charge in [0.15, 0.2) is 0 Å². The second kappa shape index (κ2) is 8.94. The molecule has 2 aromatic rings. The standard InChI is InChI=1S/C20H27N3O2S/c1-6-23(7-2)19(25)13-22(5)18(24)12-17-20(21-15(4)26-17)16-10-8-14(3)9-11-16/h8-11H,6-7,12-13H2,1-5H3. The normalized spacial score (nSPS) is 10.7. The number of hydrogen-bond donors (Lipinski definition) is 0. The predicted molar refractivity (Wildman–Crippen MR) is 106 cm³/mol.